The molecule has 0 amide bonds. The molecule has 1 N–H and O–H groups in total. The van der Waals surface area contributed by atoms with Crippen LogP contribution in [-0.4, -0.2) is 11.1 Å². The molecule has 0 aromatic heterocycles. The number of carboxylic acids is 1. The van der Waals surface area contributed by atoms with Gasteiger partial charge in [0.25, 0.3) is 0 Å². The number of hydrogen-bond acceptors (Lipinski definition) is 3. The predicted molar refractivity (Wildman–Crippen MR) is 117 cm³/mol. The van der Waals surface area contributed by atoms with Crippen molar-refractivity contribution in [3.8, 4) is 17.6 Å². The minimum absolute atomic E-state index is 0.302. The lowest BCUT2D eigenvalue weighted by atomic mass is 9.60. The van der Waals surface area contributed by atoms with Gasteiger partial charge in [0.2, 0.25) is 0 Å². The molecule has 0 bridgehead atoms. The summed E-state index contributed by atoms with van der Waals surface area (Å²) >= 11 is 5.96. The lowest BCUT2D eigenvalue weighted by Gasteiger charge is -2.39. The molecule has 0 spiro atoms. The van der Waals surface area contributed by atoms with E-state index in [0.717, 1.165) is 5.56 Å². The largest absolute Gasteiger partial charge is 0.480 e. The summed E-state index contributed by atoms with van der Waals surface area (Å²) in [5.74, 6) is -0.562. The molecule has 31 heavy (non-hydrogen) atoms. The lowest BCUT2D eigenvalue weighted by Crippen LogP contribution is -2.48. The van der Waals surface area contributed by atoms with E-state index in [9.17, 15) is 19.6 Å². The Morgan fingerprint density at radius 3 is 2.29 bits per heavy atom. The summed E-state index contributed by atoms with van der Waals surface area (Å²) < 4.78 is 18.9. The number of halogens is 2. The van der Waals surface area contributed by atoms with E-state index in [0.29, 0.717) is 28.5 Å². The fourth-order valence-electron chi connectivity index (χ4n) is 3.77. The van der Waals surface area contributed by atoms with Crippen molar-refractivity contribution in [2.75, 3.05) is 0 Å². The number of aliphatic carboxylic acids is 1. The predicted octanol–water partition coefficient (Wildman–Crippen LogP) is 6.39. The summed E-state index contributed by atoms with van der Waals surface area (Å²) in [5, 5.41) is 20.6. The molecule has 4 nitrogen and oxygen atoms in total. The number of nitriles is 1. The van der Waals surface area contributed by atoms with E-state index in [-0.39, 0.29) is 5.82 Å². The molecular weight excluding hydrogens is 417 g/mol. The average Bonchev–Trinajstić information content (AvgIpc) is 2.71. The van der Waals surface area contributed by atoms with E-state index in [4.69, 9.17) is 16.3 Å². The molecule has 6 heteroatoms. The molecule has 1 unspecified atom stereocenters. The van der Waals surface area contributed by atoms with Crippen LogP contribution in [0, 0.1) is 22.6 Å². The van der Waals surface area contributed by atoms with E-state index in [1.54, 1.807) is 56.3 Å². The van der Waals surface area contributed by atoms with Crippen molar-refractivity contribution in [2.45, 2.75) is 25.7 Å². The van der Waals surface area contributed by atoms with Crippen LogP contribution in [0.1, 0.15) is 25.0 Å². The van der Waals surface area contributed by atoms with E-state index in [1.165, 1.54) is 24.3 Å². The second-order valence-corrected chi connectivity index (χ2v) is 8.37. The molecule has 0 aliphatic heterocycles. The Kier molecular flexibility index (Phi) is 6.33. The monoisotopic (exact) mass is 437 g/mol. The summed E-state index contributed by atoms with van der Waals surface area (Å²) in [5.41, 5.74) is -1.59. The highest BCUT2D eigenvalue weighted by molar-refractivity contribution is 6.30. The van der Waals surface area contributed by atoms with Crippen LogP contribution in [0.5, 0.6) is 11.5 Å². The number of ether oxygens (including phenoxy) is 1. The third kappa shape index (κ3) is 4.55. The molecule has 0 heterocycles. The van der Waals surface area contributed by atoms with E-state index in [1.807, 2.05) is 6.07 Å². The molecule has 0 aliphatic rings. The topological polar surface area (TPSA) is 70.3 Å². The number of rotatable bonds is 7. The molecule has 0 saturated heterocycles. The van der Waals surface area contributed by atoms with Gasteiger partial charge in [0.1, 0.15) is 17.3 Å². The molecule has 3 aromatic carbocycles. The Hall–Kier alpha value is -3.36. The van der Waals surface area contributed by atoms with Gasteiger partial charge in [-0.2, -0.15) is 5.26 Å². The van der Waals surface area contributed by atoms with Crippen LogP contribution in [0.15, 0.2) is 72.8 Å². The minimum atomic E-state index is -1.79. The molecule has 1 atom stereocenters. The highest BCUT2D eigenvalue weighted by Gasteiger charge is 2.53. The molecule has 158 valence electrons. The van der Waals surface area contributed by atoms with Crippen molar-refractivity contribution in [3.05, 3.63) is 94.8 Å². The Balaban J connectivity index is 1.93. The summed E-state index contributed by atoms with van der Waals surface area (Å²) in [6.07, 6.45) is 0.302. The minimum Gasteiger partial charge on any atom is -0.480 e. The zero-order valence-electron chi connectivity index (χ0n) is 17.1. The molecule has 3 aromatic rings. The number of carbonyl (C=O) groups is 1. The standard InChI is InChI=1S/C25H21ClFNO3/c1-24(2,25(16-28,23(29)30)18-6-8-19(26)9-7-18)15-17-4-3-5-22(14-17)31-21-12-10-20(27)11-13-21/h3-14H,15H2,1-2H3,(H,29,30). The molecule has 0 radical (unpaired) electrons. The third-order valence-corrected chi connectivity index (χ3v) is 5.63. The van der Waals surface area contributed by atoms with Crippen LogP contribution in [0.2, 0.25) is 5.02 Å². The second kappa shape index (κ2) is 8.79. The fraction of sp³-hybridized carbons (Fsp3) is 0.200. The van der Waals surface area contributed by atoms with E-state index < -0.39 is 16.8 Å². The lowest BCUT2D eigenvalue weighted by molar-refractivity contribution is -0.145. The zero-order valence-corrected chi connectivity index (χ0v) is 17.9. The number of carboxylic acid groups (broad SMARTS) is 1. The smallest absolute Gasteiger partial charge is 0.329 e. The summed E-state index contributed by atoms with van der Waals surface area (Å²) in [6, 6.07) is 21.2. The Bertz CT molecular complexity index is 1120. The first-order valence-corrected chi connectivity index (χ1v) is 9.99. The fourth-order valence-corrected chi connectivity index (χ4v) is 3.89. The van der Waals surface area contributed by atoms with Crippen molar-refractivity contribution in [1.29, 1.82) is 5.26 Å². The van der Waals surface area contributed by atoms with Crippen LogP contribution >= 0.6 is 11.6 Å². The maximum atomic E-state index is 13.1. The van der Waals surface area contributed by atoms with Gasteiger partial charge in [0, 0.05) is 10.4 Å². The van der Waals surface area contributed by atoms with Gasteiger partial charge in [-0.15, -0.1) is 0 Å². The van der Waals surface area contributed by atoms with Gasteiger partial charge in [-0.05, 0) is 66.1 Å². The van der Waals surface area contributed by atoms with Gasteiger partial charge in [-0.1, -0.05) is 49.7 Å². The first kappa shape index (κ1) is 22.3. The Morgan fingerprint density at radius 1 is 1.06 bits per heavy atom. The Morgan fingerprint density at radius 2 is 1.71 bits per heavy atom. The molecule has 0 saturated carbocycles. The summed E-state index contributed by atoms with van der Waals surface area (Å²) in [6.45, 7) is 3.51. The first-order chi connectivity index (χ1) is 14.7. The SMILES string of the molecule is CC(C)(Cc1cccc(Oc2ccc(F)cc2)c1)C(C#N)(C(=O)O)c1ccc(Cl)cc1. The number of hydrogen-bond donors (Lipinski definition) is 1. The molecule has 0 aliphatic carbocycles. The van der Waals surface area contributed by atoms with Gasteiger partial charge in [0.05, 0.1) is 6.07 Å². The van der Waals surface area contributed by atoms with E-state index >= 15 is 0 Å². The van der Waals surface area contributed by atoms with Crippen LogP contribution in [0.3, 0.4) is 0 Å². The molecular formula is C25H21ClFNO3. The summed E-state index contributed by atoms with van der Waals surface area (Å²) in [7, 11) is 0. The van der Waals surface area contributed by atoms with Crippen LogP contribution in [0.4, 0.5) is 4.39 Å². The van der Waals surface area contributed by atoms with Crippen LogP contribution in [0.25, 0.3) is 0 Å². The first-order valence-electron chi connectivity index (χ1n) is 9.61. The zero-order chi connectivity index (χ0) is 22.6. The highest BCUT2D eigenvalue weighted by atomic mass is 35.5. The molecule has 0 fully saturated rings. The van der Waals surface area contributed by atoms with Gasteiger partial charge in [-0.25, -0.2) is 4.39 Å². The van der Waals surface area contributed by atoms with Crippen molar-refractivity contribution in [1.82, 2.24) is 0 Å². The van der Waals surface area contributed by atoms with Crippen LogP contribution in [-0.2, 0) is 16.6 Å². The number of nitrogens with zero attached hydrogens (tertiary/aromatic N) is 1. The Labute approximate surface area is 185 Å². The number of benzene rings is 3. The highest BCUT2D eigenvalue weighted by Crippen LogP contribution is 2.45. The average molecular weight is 438 g/mol. The van der Waals surface area contributed by atoms with Crippen molar-refractivity contribution < 1.29 is 19.0 Å². The second-order valence-electron chi connectivity index (χ2n) is 7.94. The van der Waals surface area contributed by atoms with Gasteiger partial charge < -0.3 is 9.84 Å². The maximum Gasteiger partial charge on any atom is 0.329 e. The van der Waals surface area contributed by atoms with E-state index in [2.05, 4.69) is 6.07 Å². The maximum absolute atomic E-state index is 13.1. The van der Waals surface area contributed by atoms with Gasteiger partial charge in [0.15, 0.2) is 5.41 Å². The third-order valence-electron chi connectivity index (χ3n) is 5.37. The van der Waals surface area contributed by atoms with Gasteiger partial charge >= 0.3 is 5.97 Å². The quantitative estimate of drug-likeness (QED) is 0.465. The van der Waals surface area contributed by atoms with Crippen molar-refractivity contribution >= 4 is 17.6 Å². The van der Waals surface area contributed by atoms with Crippen molar-refractivity contribution in [2.24, 2.45) is 5.41 Å². The van der Waals surface area contributed by atoms with Crippen LogP contribution < -0.4 is 4.74 Å². The van der Waals surface area contributed by atoms with Gasteiger partial charge in [-0.3, -0.25) is 4.79 Å². The summed E-state index contributed by atoms with van der Waals surface area (Å²) in [4.78, 5) is 12.4. The normalized spacial score (nSPS) is 13.1. The molecule has 3 rings (SSSR count). The van der Waals surface area contributed by atoms with Crippen molar-refractivity contribution in [3.63, 3.8) is 0 Å².